The van der Waals surface area contributed by atoms with E-state index in [1.54, 1.807) is 0 Å². The number of nitrogens with zero attached hydrogens (tertiary/aromatic N) is 3. The molecule has 2 rings (SSSR count). The van der Waals surface area contributed by atoms with E-state index in [-0.39, 0.29) is 5.54 Å². The van der Waals surface area contributed by atoms with Gasteiger partial charge in [0.2, 0.25) is 0 Å². The first-order valence-corrected chi connectivity index (χ1v) is 8.74. The van der Waals surface area contributed by atoms with Crippen molar-refractivity contribution < 1.29 is 0 Å². The maximum atomic E-state index is 4.69. The molecule has 1 aromatic rings. The zero-order valence-corrected chi connectivity index (χ0v) is 15.3. The summed E-state index contributed by atoms with van der Waals surface area (Å²) in [5, 5.41) is 0. The van der Waals surface area contributed by atoms with Gasteiger partial charge < -0.3 is 9.80 Å². The van der Waals surface area contributed by atoms with Crippen LogP contribution in [0.15, 0.2) is 18.3 Å². The molecule has 2 heterocycles. The number of pyridine rings is 1. The molecule has 1 aliphatic rings. The topological polar surface area (TPSA) is 19.4 Å². The van der Waals surface area contributed by atoms with Crippen molar-refractivity contribution in [2.24, 2.45) is 5.92 Å². The molecule has 0 saturated carbocycles. The molecular weight excluding hydrogens is 270 g/mol. The minimum Gasteiger partial charge on any atom is -0.370 e. The lowest BCUT2D eigenvalue weighted by Gasteiger charge is -2.45. The van der Waals surface area contributed by atoms with Crippen LogP contribution in [0.3, 0.4) is 0 Å². The average molecular weight is 303 g/mol. The molecule has 0 bridgehead atoms. The highest BCUT2D eigenvalue weighted by molar-refractivity contribution is 5.45. The summed E-state index contributed by atoms with van der Waals surface area (Å²) in [6.45, 7) is 11.5. The standard InChI is InChI=1S/C19H33N3/c1-7-15(2)18-11-10-17(13-20-18)22-12-8-9-16(14-22)19(3,4)21(5)6/h10-11,13,15-16H,7-9,12,14H2,1-6H3. The van der Waals surface area contributed by atoms with Crippen molar-refractivity contribution >= 4 is 5.69 Å². The van der Waals surface area contributed by atoms with Crippen molar-refractivity contribution in [3.63, 3.8) is 0 Å². The van der Waals surface area contributed by atoms with E-state index in [9.17, 15) is 0 Å². The second kappa shape index (κ2) is 6.99. The third kappa shape index (κ3) is 3.62. The van der Waals surface area contributed by atoms with Crippen molar-refractivity contribution in [2.75, 3.05) is 32.1 Å². The van der Waals surface area contributed by atoms with Crippen LogP contribution in [0.2, 0.25) is 0 Å². The Kier molecular flexibility index (Phi) is 5.49. The summed E-state index contributed by atoms with van der Waals surface area (Å²) in [6.07, 6.45) is 5.82. The van der Waals surface area contributed by atoms with Gasteiger partial charge in [-0.25, -0.2) is 0 Å². The molecule has 0 amide bonds. The molecule has 1 saturated heterocycles. The first kappa shape index (κ1) is 17.3. The van der Waals surface area contributed by atoms with Gasteiger partial charge in [0.1, 0.15) is 0 Å². The van der Waals surface area contributed by atoms with Crippen molar-refractivity contribution in [1.29, 1.82) is 0 Å². The summed E-state index contributed by atoms with van der Waals surface area (Å²) in [7, 11) is 4.39. The molecule has 2 atom stereocenters. The second-order valence-corrected chi connectivity index (χ2v) is 7.58. The SMILES string of the molecule is CCC(C)c1ccc(N2CCCC(C(C)(C)N(C)C)C2)cn1. The van der Waals surface area contributed by atoms with E-state index in [1.165, 1.54) is 24.2 Å². The Balaban J connectivity index is 2.09. The number of hydrogen-bond donors (Lipinski definition) is 0. The molecule has 0 aliphatic carbocycles. The van der Waals surface area contributed by atoms with E-state index < -0.39 is 0 Å². The molecule has 1 fully saturated rings. The van der Waals surface area contributed by atoms with E-state index in [1.807, 2.05) is 0 Å². The van der Waals surface area contributed by atoms with Gasteiger partial charge >= 0.3 is 0 Å². The van der Waals surface area contributed by atoms with E-state index in [0.717, 1.165) is 19.5 Å². The molecule has 1 aliphatic heterocycles. The number of rotatable bonds is 5. The highest BCUT2D eigenvalue weighted by atomic mass is 15.2. The monoisotopic (exact) mass is 303 g/mol. The van der Waals surface area contributed by atoms with E-state index in [2.05, 4.69) is 69.9 Å². The zero-order chi connectivity index (χ0) is 16.3. The Hall–Kier alpha value is -1.09. The molecule has 3 heteroatoms. The predicted molar refractivity (Wildman–Crippen MR) is 95.6 cm³/mol. The van der Waals surface area contributed by atoms with Gasteiger partial charge in [-0.3, -0.25) is 4.98 Å². The molecule has 0 N–H and O–H groups in total. The van der Waals surface area contributed by atoms with Crippen LogP contribution in [0.4, 0.5) is 5.69 Å². The fourth-order valence-corrected chi connectivity index (χ4v) is 3.24. The Labute approximate surface area is 136 Å². The summed E-state index contributed by atoms with van der Waals surface area (Å²) < 4.78 is 0. The van der Waals surface area contributed by atoms with Crippen molar-refractivity contribution in [3.05, 3.63) is 24.0 Å². The van der Waals surface area contributed by atoms with Gasteiger partial charge in [-0.1, -0.05) is 13.8 Å². The van der Waals surface area contributed by atoms with Crippen molar-refractivity contribution in [1.82, 2.24) is 9.88 Å². The molecule has 0 spiro atoms. The summed E-state index contributed by atoms with van der Waals surface area (Å²) in [6, 6.07) is 4.48. The van der Waals surface area contributed by atoms with Gasteiger partial charge in [0.25, 0.3) is 0 Å². The van der Waals surface area contributed by atoms with Gasteiger partial charge in [0, 0.05) is 24.3 Å². The minimum absolute atomic E-state index is 0.239. The lowest BCUT2D eigenvalue weighted by molar-refractivity contribution is 0.104. The second-order valence-electron chi connectivity index (χ2n) is 7.58. The first-order valence-electron chi connectivity index (χ1n) is 8.74. The first-order chi connectivity index (χ1) is 10.4. The number of aromatic nitrogens is 1. The third-order valence-corrected chi connectivity index (χ3v) is 5.83. The lowest BCUT2D eigenvalue weighted by Crippen LogP contribution is -2.51. The maximum absolute atomic E-state index is 4.69. The van der Waals surface area contributed by atoms with Crippen LogP contribution in [0, 0.1) is 5.92 Å². The largest absolute Gasteiger partial charge is 0.370 e. The summed E-state index contributed by atoms with van der Waals surface area (Å²) >= 11 is 0. The smallest absolute Gasteiger partial charge is 0.0553 e. The molecule has 1 aromatic heterocycles. The van der Waals surface area contributed by atoms with Gasteiger partial charge in [0.15, 0.2) is 0 Å². The fraction of sp³-hybridized carbons (Fsp3) is 0.737. The van der Waals surface area contributed by atoms with Crippen LogP contribution < -0.4 is 4.90 Å². The number of anilines is 1. The quantitative estimate of drug-likeness (QED) is 0.814. The highest BCUT2D eigenvalue weighted by Gasteiger charge is 2.34. The Morgan fingerprint density at radius 3 is 2.64 bits per heavy atom. The van der Waals surface area contributed by atoms with Crippen LogP contribution in [0.1, 0.15) is 58.6 Å². The fourth-order valence-electron chi connectivity index (χ4n) is 3.24. The Morgan fingerprint density at radius 2 is 2.09 bits per heavy atom. The van der Waals surface area contributed by atoms with E-state index in [0.29, 0.717) is 11.8 Å². The van der Waals surface area contributed by atoms with Crippen LogP contribution in [-0.2, 0) is 0 Å². The Bertz CT molecular complexity index is 464. The molecule has 3 nitrogen and oxygen atoms in total. The molecular formula is C19H33N3. The summed E-state index contributed by atoms with van der Waals surface area (Å²) in [4.78, 5) is 9.58. The van der Waals surface area contributed by atoms with E-state index in [4.69, 9.17) is 4.98 Å². The van der Waals surface area contributed by atoms with Gasteiger partial charge in [-0.15, -0.1) is 0 Å². The molecule has 0 aromatic carbocycles. The summed E-state index contributed by atoms with van der Waals surface area (Å²) in [5.41, 5.74) is 2.74. The van der Waals surface area contributed by atoms with Crippen LogP contribution in [0.5, 0.6) is 0 Å². The maximum Gasteiger partial charge on any atom is 0.0553 e. The molecule has 22 heavy (non-hydrogen) atoms. The van der Waals surface area contributed by atoms with Gasteiger partial charge in [-0.2, -0.15) is 0 Å². The average Bonchev–Trinajstić information content (AvgIpc) is 2.54. The zero-order valence-electron chi connectivity index (χ0n) is 15.3. The minimum atomic E-state index is 0.239. The molecule has 0 radical (unpaired) electrons. The molecule has 124 valence electrons. The van der Waals surface area contributed by atoms with Crippen molar-refractivity contribution in [2.45, 2.75) is 58.4 Å². The molecule has 2 unspecified atom stereocenters. The van der Waals surface area contributed by atoms with E-state index >= 15 is 0 Å². The number of hydrogen-bond acceptors (Lipinski definition) is 3. The van der Waals surface area contributed by atoms with Crippen LogP contribution >= 0.6 is 0 Å². The van der Waals surface area contributed by atoms with Gasteiger partial charge in [-0.05, 0) is 71.2 Å². The van der Waals surface area contributed by atoms with Crippen LogP contribution in [-0.4, -0.2) is 42.6 Å². The number of piperidine rings is 1. The van der Waals surface area contributed by atoms with Crippen LogP contribution in [0.25, 0.3) is 0 Å². The Morgan fingerprint density at radius 1 is 1.36 bits per heavy atom. The van der Waals surface area contributed by atoms with Gasteiger partial charge in [0.05, 0.1) is 11.9 Å². The highest BCUT2D eigenvalue weighted by Crippen LogP contribution is 2.32. The lowest BCUT2D eigenvalue weighted by atomic mass is 9.80. The predicted octanol–water partition coefficient (Wildman–Crippen LogP) is 4.15. The normalized spacial score (nSPS) is 21.2. The summed E-state index contributed by atoms with van der Waals surface area (Å²) in [5.74, 6) is 1.25. The third-order valence-electron chi connectivity index (χ3n) is 5.83. The van der Waals surface area contributed by atoms with Crippen molar-refractivity contribution in [3.8, 4) is 0 Å².